The molecule has 3 heteroatoms. The monoisotopic (exact) mass is 237 g/mol. The highest BCUT2D eigenvalue weighted by atomic mass is 16.3. The van der Waals surface area contributed by atoms with Crippen molar-refractivity contribution in [3.05, 3.63) is 0 Å². The molecule has 96 valence electrons. The van der Waals surface area contributed by atoms with Crippen molar-refractivity contribution < 1.29 is 9.90 Å². The predicted octanol–water partition coefficient (Wildman–Crippen LogP) is 1.84. The first-order valence-corrected chi connectivity index (χ1v) is 7.18. The maximum absolute atomic E-state index is 11.9. The van der Waals surface area contributed by atoms with E-state index in [1.807, 2.05) is 0 Å². The van der Waals surface area contributed by atoms with E-state index >= 15 is 0 Å². The topological polar surface area (TPSA) is 49.3 Å². The minimum Gasteiger partial charge on any atom is -0.393 e. The molecule has 0 aromatic heterocycles. The van der Waals surface area contributed by atoms with Crippen molar-refractivity contribution in [3.8, 4) is 0 Å². The van der Waals surface area contributed by atoms with Crippen LogP contribution in [0.25, 0.3) is 0 Å². The summed E-state index contributed by atoms with van der Waals surface area (Å²) in [4.78, 5) is 11.9. The Labute approximate surface area is 103 Å². The average molecular weight is 237 g/mol. The van der Waals surface area contributed by atoms with E-state index in [2.05, 4.69) is 5.32 Å². The van der Waals surface area contributed by atoms with Crippen LogP contribution in [0, 0.1) is 17.8 Å². The van der Waals surface area contributed by atoms with Gasteiger partial charge in [0, 0.05) is 12.5 Å². The van der Waals surface area contributed by atoms with Gasteiger partial charge in [0.05, 0.1) is 6.10 Å². The van der Waals surface area contributed by atoms with Crippen molar-refractivity contribution in [2.24, 2.45) is 17.8 Å². The van der Waals surface area contributed by atoms with Gasteiger partial charge in [-0.1, -0.05) is 6.42 Å². The van der Waals surface area contributed by atoms with Gasteiger partial charge in [-0.2, -0.15) is 0 Å². The fourth-order valence-corrected chi connectivity index (χ4v) is 4.24. The Morgan fingerprint density at radius 1 is 1.12 bits per heavy atom. The van der Waals surface area contributed by atoms with Gasteiger partial charge in [-0.25, -0.2) is 0 Å². The van der Waals surface area contributed by atoms with Gasteiger partial charge in [-0.3, -0.25) is 4.79 Å². The van der Waals surface area contributed by atoms with Crippen LogP contribution in [0.15, 0.2) is 0 Å². The van der Waals surface area contributed by atoms with Crippen LogP contribution in [0.3, 0.4) is 0 Å². The zero-order chi connectivity index (χ0) is 11.8. The minimum absolute atomic E-state index is 0.192. The van der Waals surface area contributed by atoms with E-state index in [1.165, 1.54) is 25.7 Å². The Morgan fingerprint density at radius 2 is 2.00 bits per heavy atom. The van der Waals surface area contributed by atoms with Crippen LogP contribution in [0.5, 0.6) is 0 Å². The molecule has 3 fully saturated rings. The standard InChI is InChI=1S/C14H23NO2/c16-13-4-3-12(8-13)15-14(17)7-11-6-9-1-2-10(11)5-9/h9-13,16H,1-8H2,(H,15,17)/t9-,10-,11-,12-,13+/m0/s1. The molecule has 3 nitrogen and oxygen atoms in total. The molecule has 0 aromatic carbocycles. The molecular formula is C14H23NO2. The molecule has 2 bridgehead atoms. The van der Waals surface area contributed by atoms with Crippen molar-refractivity contribution in [1.29, 1.82) is 0 Å². The molecule has 0 unspecified atom stereocenters. The van der Waals surface area contributed by atoms with Crippen molar-refractivity contribution >= 4 is 5.91 Å². The van der Waals surface area contributed by atoms with E-state index in [4.69, 9.17) is 0 Å². The van der Waals surface area contributed by atoms with Crippen LogP contribution in [0.4, 0.5) is 0 Å². The fraction of sp³-hybridized carbons (Fsp3) is 0.929. The van der Waals surface area contributed by atoms with Gasteiger partial charge in [0.2, 0.25) is 5.91 Å². The molecule has 0 spiro atoms. The molecule has 17 heavy (non-hydrogen) atoms. The van der Waals surface area contributed by atoms with Gasteiger partial charge < -0.3 is 10.4 Å². The first kappa shape index (κ1) is 11.5. The number of aliphatic hydroxyl groups excluding tert-OH is 1. The van der Waals surface area contributed by atoms with E-state index in [0.29, 0.717) is 5.92 Å². The molecule has 3 aliphatic rings. The largest absolute Gasteiger partial charge is 0.393 e. The molecular weight excluding hydrogens is 214 g/mol. The second kappa shape index (κ2) is 4.60. The Hall–Kier alpha value is -0.570. The summed E-state index contributed by atoms with van der Waals surface area (Å²) in [5.41, 5.74) is 0. The second-order valence-corrected chi connectivity index (χ2v) is 6.37. The summed E-state index contributed by atoms with van der Waals surface area (Å²) in [5, 5.41) is 12.5. The van der Waals surface area contributed by atoms with Gasteiger partial charge in [0.15, 0.2) is 0 Å². The van der Waals surface area contributed by atoms with E-state index in [9.17, 15) is 9.90 Å². The maximum atomic E-state index is 11.9. The Kier molecular flexibility index (Phi) is 3.12. The number of aliphatic hydroxyl groups is 1. The first-order chi connectivity index (χ1) is 8.20. The van der Waals surface area contributed by atoms with Gasteiger partial charge in [-0.05, 0) is 56.3 Å². The number of carbonyl (C=O) groups is 1. The fourth-order valence-electron chi connectivity index (χ4n) is 4.24. The number of rotatable bonds is 3. The Morgan fingerprint density at radius 3 is 2.59 bits per heavy atom. The average Bonchev–Trinajstić information content (AvgIpc) is 2.95. The number of hydrogen-bond acceptors (Lipinski definition) is 2. The van der Waals surface area contributed by atoms with Crippen molar-refractivity contribution in [1.82, 2.24) is 5.32 Å². The van der Waals surface area contributed by atoms with Crippen molar-refractivity contribution in [2.45, 2.75) is 63.5 Å². The maximum Gasteiger partial charge on any atom is 0.220 e. The zero-order valence-corrected chi connectivity index (χ0v) is 10.4. The summed E-state index contributed by atoms with van der Waals surface area (Å²) >= 11 is 0. The molecule has 5 atom stereocenters. The van der Waals surface area contributed by atoms with Gasteiger partial charge in [-0.15, -0.1) is 0 Å². The lowest BCUT2D eigenvalue weighted by molar-refractivity contribution is -0.123. The van der Waals surface area contributed by atoms with E-state index in [1.54, 1.807) is 0 Å². The highest BCUT2D eigenvalue weighted by molar-refractivity contribution is 5.76. The summed E-state index contributed by atoms with van der Waals surface area (Å²) in [6.07, 6.45) is 8.50. The van der Waals surface area contributed by atoms with Gasteiger partial charge in [0.25, 0.3) is 0 Å². The molecule has 0 aliphatic heterocycles. The molecule has 3 saturated carbocycles. The minimum atomic E-state index is -0.192. The molecule has 1 amide bonds. The molecule has 3 rings (SSSR count). The quantitative estimate of drug-likeness (QED) is 0.787. The van der Waals surface area contributed by atoms with Crippen LogP contribution in [-0.4, -0.2) is 23.2 Å². The lowest BCUT2D eigenvalue weighted by Gasteiger charge is -2.22. The first-order valence-electron chi connectivity index (χ1n) is 7.18. The van der Waals surface area contributed by atoms with Crippen LogP contribution >= 0.6 is 0 Å². The van der Waals surface area contributed by atoms with Crippen molar-refractivity contribution in [2.75, 3.05) is 0 Å². The van der Waals surface area contributed by atoms with E-state index in [0.717, 1.165) is 37.5 Å². The highest BCUT2D eigenvalue weighted by Gasteiger charge is 2.40. The highest BCUT2D eigenvalue weighted by Crippen LogP contribution is 2.49. The van der Waals surface area contributed by atoms with Gasteiger partial charge in [0.1, 0.15) is 0 Å². The third-order valence-electron chi connectivity index (χ3n) is 5.10. The SMILES string of the molecule is O=C(C[C@@H]1C[C@H]2CC[C@H]1C2)N[C@H]1CC[C@@H](O)C1. The third-order valence-corrected chi connectivity index (χ3v) is 5.10. The Bertz CT molecular complexity index is 305. The van der Waals surface area contributed by atoms with Gasteiger partial charge >= 0.3 is 0 Å². The summed E-state index contributed by atoms with van der Waals surface area (Å²) in [5.74, 6) is 2.63. The molecule has 3 aliphatic carbocycles. The van der Waals surface area contributed by atoms with Crippen LogP contribution < -0.4 is 5.32 Å². The summed E-state index contributed by atoms with van der Waals surface area (Å²) in [6.45, 7) is 0. The number of carbonyl (C=O) groups excluding carboxylic acids is 1. The summed E-state index contributed by atoms with van der Waals surface area (Å²) in [7, 11) is 0. The molecule has 2 N–H and O–H groups in total. The molecule has 0 heterocycles. The zero-order valence-electron chi connectivity index (χ0n) is 10.4. The molecule has 0 radical (unpaired) electrons. The van der Waals surface area contributed by atoms with Crippen LogP contribution in [0.2, 0.25) is 0 Å². The summed E-state index contributed by atoms with van der Waals surface area (Å²) < 4.78 is 0. The lowest BCUT2D eigenvalue weighted by Crippen LogP contribution is -2.35. The van der Waals surface area contributed by atoms with Crippen molar-refractivity contribution in [3.63, 3.8) is 0 Å². The predicted molar refractivity (Wildman–Crippen MR) is 65.3 cm³/mol. The van der Waals surface area contributed by atoms with E-state index < -0.39 is 0 Å². The number of amides is 1. The number of nitrogens with one attached hydrogen (secondary N) is 1. The lowest BCUT2D eigenvalue weighted by atomic mass is 9.86. The van der Waals surface area contributed by atoms with Crippen LogP contribution in [-0.2, 0) is 4.79 Å². The van der Waals surface area contributed by atoms with Crippen LogP contribution in [0.1, 0.15) is 51.4 Å². The number of hydrogen-bond donors (Lipinski definition) is 2. The molecule has 0 saturated heterocycles. The summed E-state index contributed by atoms with van der Waals surface area (Å²) in [6, 6.07) is 0.232. The third kappa shape index (κ3) is 2.49. The Balaban J connectivity index is 1.44. The second-order valence-electron chi connectivity index (χ2n) is 6.37. The normalized spacial score (nSPS) is 44.2. The smallest absolute Gasteiger partial charge is 0.220 e. The molecule has 0 aromatic rings. The van der Waals surface area contributed by atoms with E-state index in [-0.39, 0.29) is 18.1 Å². The number of fused-ring (bicyclic) bond motifs is 2.